The average Bonchev–Trinajstić information content (AvgIpc) is 3.11. The van der Waals surface area contributed by atoms with E-state index in [1.807, 2.05) is 55.7 Å². The second kappa shape index (κ2) is 12.4. The summed E-state index contributed by atoms with van der Waals surface area (Å²) in [4.78, 5) is 55.4. The van der Waals surface area contributed by atoms with Crippen LogP contribution in [0.2, 0.25) is 0 Å². The number of anilines is 1. The van der Waals surface area contributed by atoms with Gasteiger partial charge in [0, 0.05) is 51.9 Å². The summed E-state index contributed by atoms with van der Waals surface area (Å²) in [5.41, 5.74) is 0.846. The standard InChI is InChI=1S/C33H39N7O4/c1-7-8-18-40-28-27(35-22-39(31(28)42)21-25-24-13-10-9-12-23(24)14-15-34-25)26(30(41)36(5)6)29(40)37-16-11-17-38(20-19-37)32(43)44-33(2,3)4/h9-10,12-15,22H,11,16-21H2,1-6H3. The highest BCUT2D eigenvalue weighted by Crippen LogP contribution is 2.32. The molecule has 0 aliphatic carbocycles. The van der Waals surface area contributed by atoms with Crippen molar-refractivity contribution < 1.29 is 14.3 Å². The van der Waals surface area contributed by atoms with E-state index < -0.39 is 5.60 Å². The van der Waals surface area contributed by atoms with Crippen LogP contribution in [-0.4, -0.2) is 86.8 Å². The number of fused-ring (bicyclic) bond motifs is 2. The third kappa shape index (κ3) is 6.11. The fourth-order valence-electron chi connectivity index (χ4n) is 5.53. The van der Waals surface area contributed by atoms with Gasteiger partial charge in [-0.15, -0.1) is 5.92 Å². The minimum absolute atomic E-state index is 0.197. The van der Waals surface area contributed by atoms with Gasteiger partial charge in [-0.1, -0.05) is 30.2 Å². The van der Waals surface area contributed by atoms with Gasteiger partial charge in [0.25, 0.3) is 11.5 Å². The minimum atomic E-state index is -0.604. The zero-order chi connectivity index (χ0) is 31.6. The molecule has 1 aliphatic heterocycles. The number of benzene rings is 1. The van der Waals surface area contributed by atoms with Crippen molar-refractivity contribution in [3.8, 4) is 11.8 Å². The van der Waals surface area contributed by atoms with Gasteiger partial charge in [0.15, 0.2) is 0 Å². The molecule has 4 aromatic rings. The van der Waals surface area contributed by atoms with E-state index in [9.17, 15) is 14.4 Å². The van der Waals surface area contributed by atoms with Crippen molar-refractivity contribution in [3.05, 3.63) is 64.5 Å². The van der Waals surface area contributed by atoms with Crippen LogP contribution < -0.4 is 10.5 Å². The number of pyridine rings is 1. The molecule has 0 bridgehead atoms. The van der Waals surface area contributed by atoms with Crippen molar-refractivity contribution >= 4 is 39.6 Å². The summed E-state index contributed by atoms with van der Waals surface area (Å²) < 4.78 is 8.97. The summed E-state index contributed by atoms with van der Waals surface area (Å²) in [7, 11) is 3.36. The maximum atomic E-state index is 14.2. The number of hydrogen-bond acceptors (Lipinski definition) is 7. The summed E-state index contributed by atoms with van der Waals surface area (Å²) in [6.07, 6.45) is 3.51. The fourth-order valence-corrected chi connectivity index (χ4v) is 5.53. The first-order valence-corrected chi connectivity index (χ1v) is 14.8. The topological polar surface area (TPSA) is 106 Å². The van der Waals surface area contributed by atoms with Crippen LogP contribution in [0.4, 0.5) is 10.6 Å². The van der Waals surface area contributed by atoms with Gasteiger partial charge >= 0.3 is 6.09 Å². The lowest BCUT2D eigenvalue weighted by molar-refractivity contribution is 0.0263. The van der Waals surface area contributed by atoms with Crippen LogP contribution in [0.25, 0.3) is 21.8 Å². The van der Waals surface area contributed by atoms with Crippen LogP contribution in [0, 0.1) is 11.8 Å². The Labute approximate surface area is 257 Å². The Morgan fingerprint density at radius 1 is 1.05 bits per heavy atom. The van der Waals surface area contributed by atoms with E-state index in [0.29, 0.717) is 55.0 Å². The normalized spacial score (nSPS) is 13.9. The van der Waals surface area contributed by atoms with E-state index in [4.69, 9.17) is 9.72 Å². The lowest BCUT2D eigenvalue weighted by Gasteiger charge is -2.27. The predicted octanol–water partition coefficient (Wildman–Crippen LogP) is 3.97. The van der Waals surface area contributed by atoms with E-state index in [1.54, 1.807) is 32.1 Å². The van der Waals surface area contributed by atoms with Gasteiger partial charge in [-0.25, -0.2) is 9.78 Å². The number of carbonyl (C=O) groups excluding carboxylic acids is 2. The molecule has 2 amide bonds. The van der Waals surface area contributed by atoms with Gasteiger partial charge in [-0.2, -0.15) is 0 Å². The molecule has 11 heteroatoms. The molecule has 3 aromatic heterocycles. The molecule has 11 nitrogen and oxygen atoms in total. The lowest BCUT2D eigenvalue weighted by atomic mass is 10.1. The largest absolute Gasteiger partial charge is 0.444 e. The molecule has 0 radical (unpaired) electrons. The number of hydrogen-bond donors (Lipinski definition) is 0. The third-order valence-electron chi connectivity index (χ3n) is 7.56. The molecule has 4 heterocycles. The fraction of sp³-hybridized carbons (Fsp3) is 0.424. The maximum Gasteiger partial charge on any atom is 0.410 e. The number of carbonyl (C=O) groups is 2. The van der Waals surface area contributed by atoms with Crippen LogP contribution in [0.1, 0.15) is 50.2 Å². The summed E-state index contributed by atoms with van der Waals surface area (Å²) >= 11 is 0. The van der Waals surface area contributed by atoms with Crippen molar-refractivity contribution in [1.29, 1.82) is 0 Å². The average molecular weight is 598 g/mol. The Kier molecular flexibility index (Phi) is 8.63. The van der Waals surface area contributed by atoms with E-state index in [-0.39, 0.29) is 30.6 Å². The van der Waals surface area contributed by atoms with Gasteiger partial charge in [0.2, 0.25) is 0 Å². The molecular formula is C33H39N7O4. The van der Waals surface area contributed by atoms with Crippen LogP contribution in [0.5, 0.6) is 0 Å². The molecule has 5 rings (SSSR count). The Morgan fingerprint density at radius 3 is 2.55 bits per heavy atom. The SMILES string of the molecule is CC#CCn1c(N2CCCN(C(=O)OC(C)(C)C)CC2)c(C(=O)N(C)C)c2ncn(Cc3nccc4ccccc34)c(=O)c21. The Bertz CT molecular complexity index is 1830. The maximum absolute atomic E-state index is 14.2. The summed E-state index contributed by atoms with van der Waals surface area (Å²) in [5.74, 6) is 6.34. The predicted molar refractivity (Wildman–Crippen MR) is 171 cm³/mol. The van der Waals surface area contributed by atoms with Gasteiger partial charge in [-0.3, -0.25) is 19.1 Å². The van der Waals surface area contributed by atoms with Gasteiger partial charge in [0.05, 0.1) is 25.1 Å². The van der Waals surface area contributed by atoms with Crippen LogP contribution in [-0.2, 0) is 17.8 Å². The Morgan fingerprint density at radius 2 is 1.82 bits per heavy atom. The van der Waals surface area contributed by atoms with E-state index in [2.05, 4.69) is 21.7 Å². The first kappa shape index (κ1) is 30.6. The molecule has 1 aliphatic rings. The molecule has 0 saturated carbocycles. The van der Waals surface area contributed by atoms with Gasteiger partial charge in [-0.05, 0) is 45.6 Å². The second-order valence-corrected chi connectivity index (χ2v) is 12.1. The summed E-state index contributed by atoms with van der Waals surface area (Å²) in [5, 5.41) is 1.99. The van der Waals surface area contributed by atoms with Crippen LogP contribution >= 0.6 is 0 Å². The highest BCUT2D eigenvalue weighted by atomic mass is 16.6. The molecule has 230 valence electrons. The number of aromatic nitrogens is 4. The van der Waals surface area contributed by atoms with Crippen molar-refractivity contribution in [3.63, 3.8) is 0 Å². The molecule has 44 heavy (non-hydrogen) atoms. The number of amides is 2. The highest BCUT2D eigenvalue weighted by Gasteiger charge is 2.32. The Balaban J connectivity index is 1.63. The molecule has 0 N–H and O–H groups in total. The van der Waals surface area contributed by atoms with E-state index in [1.165, 1.54) is 15.8 Å². The highest BCUT2D eigenvalue weighted by molar-refractivity contribution is 6.10. The van der Waals surface area contributed by atoms with Gasteiger partial charge < -0.3 is 24.0 Å². The first-order valence-electron chi connectivity index (χ1n) is 14.8. The van der Waals surface area contributed by atoms with Crippen LogP contribution in [0.3, 0.4) is 0 Å². The molecule has 1 saturated heterocycles. The molecule has 0 atom stereocenters. The van der Waals surface area contributed by atoms with Crippen molar-refractivity contribution in [2.45, 2.75) is 52.8 Å². The minimum Gasteiger partial charge on any atom is -0.444 e. The zero-order valence-electron chi connectivity index (χ0n) is 26.3. The molecule has 0 spiro atoms. The summed E-state index contributed by atoms with van der Waals surface area (Å²) in [6, 6.07) is 9.85. The summed E-state index contributed by atoms with van der Waals surface area (Å²) in [6.45, 7) is 9.61. The Hall–Kier alpha value is -4.85. The van der Waals surface area contributed by atoms with Crippen molar-refractivity contribution in [2.24, 2.45) is 0 Å². The molecule has 1 aromatic carbocycles. The van der Waals surface area contributed by atoms with Crippen molar-refractivity contribution in [1.82, 2.24) is 28.9 Å². The second-order valence-electron chi connectivity index (χ2n) is 12.1. The van der Waals surface area contributed by atoms with E-state index in [0.717, 1.165) is 16.5 Å². The zero-order valence-corrected chi connectivity index (χ0v) is 26.3. The van der Waals surface area contributed by atoms with Crippen LogP contribution in [0.15, 0.2) is 47.7 Å². The molecule has 1 fully saturated rings. The number of nitrogens with zero attached hydrogens (tertiary/aromatic N) is 7. The monoisotopic (exact) mass is 597 g/mol. The lowest BCUT2D eigenvalue weighted by Crippen LogP contribution is -2.39. The third-order valence-corrected chi connectivity index (χ3v) is 7.56. The molecular weight excluding hydrogens is 558 g/mol. The molecule has 0 unspecified atom stereocenters. The van der Waals surface area contributed by atoms with Crippen molar-refractivity contribution in [2.75, 3.05) is 45.2 Å². The van der Waals surface area contributed by atoms with Gasteiger partial charge in [0.1, 0.15) is 28.0 Å². The quantitative estimate of drug-likeness (QED) is 0.321. The van der Waals surface area contributed by atoms with E-state index >= 15 is 0 Å². The number of ether oxygens (including phenoxy) is 1. The first-order chi connectivity index (χ1) is 21.0. The smallest absolute Gasteiger partial charge is 0.410 e. The number of rotatable bonds is 5.